The number of fused-ring (bicyclic) bond motifs is 1. The van der Waals surface area contributed by atoms with E-state index in [1.54, 1.807) is 22.9 Å². The minimum absolute atomic E-state index is 0.228. The molecule has 5 aromatic carbocycles. The van der Waals surface area contributed by atoms with Gasteiger partial charge in [-0.25, -0.2) is 8.78 Å². The molecule has 0 bridgehead atoms. The topological polar surface area (TPSA) is 111 Å². The van der Waals surface area contributed by atoms with Gasteiger partial charge in [-0.05, 0) is 102 Å². The van der Waals surface area contributed by atoms with E-state index < -0.39 is 0 Å². The van der Waals surface area contributed by atoms with E-state index >= 15 is 4.39 Å². The fraction of sp³-hybridized carbons (Fsp3) is 0.170. The van der Waals surface area contributed by atoms with Crippen LogP contribution >= 0.6 is 0 Å². The number of nitrogens with one attached hydrogen (secondary N) is 1. The van der Waals surface area contributed by atoms with Crippen LogP contribution in [0.3, 0.4) is 0 Å². The summed E-state index contributed by atoms with van der Waals surface area (Å²) >= 11 is 0. The van der Waals surface area contributed by atoms with Crippen LogP contribution in [0.5, 0.6) is 0 Å². The highest BCUT2D eigenvalue weighted by atomic mass is 19.1. The Labute approximate surface area is 333 Å². The predicted molar refractivity (Wildman–Crippen MR) is 219 cm³/mol. The second-order valence-electron chi connectivity index (χ2n) is 14.5. The van der Waals surface area contributed by atoms with Gasteiger partial charge >= 0.3 is 0 Å². The number of rotatable bonds is 14. The Hall–Kier alpha value is -7.01. The highest BCUT2D eigenvalue weighted by molar-refractivity contribution is 5.83. The lowest BCUT2D eigenvalue weighted by atomic mass is 9.98. The van der Waals surface area contributed by atoms with Gasteiger partial charge in [-0.3, -0.25) is 4.68 Å². The Morgan fingerprint density at radius 1 is 0.569 bits per heavy atom. The average Bonchev–Trinajstić information content (AvgIpc) is 4.07. The van der Waals surface area contributed by atoms with Crippen molar-refractivity contribution in [2.45, 2.75) is 44.9 Å². The molecule has 4 aromatic heterocycles. The molecule has 0 fully saturated rings. The molecule has 0 spiro atoms. The van der Waals surface area contributed by atoms with Crippen molar-refractivity contribution < 1.29 is 17.6 Å². The van der Waals surface area contributed by atoms with E-state index in [2.05, 4.69) is 25.4 Å². The van der Waals surface area contributed by atoms with E-state index in [-0.39, 0.29) is 11.6 Å². The molecular formula is C47H39F2N7O2. The van der Waals surface area contributed by atoms with E-state index in [1.807, 2.05) is 104 Å². The van der Waals surface area contributed by atoms with Gasteiger partial charge in [-0.1, -0.05) is 72.8 Å². The molecule has 9 aromatic rings. The molecule has 0 aliphatic rings. The summed E-state index contributed by atoms with van der Waals surface area (Å²) in [7, 11) is 1.84. The van der Waals surface area contributed by atoms with E-state index in [0.717, 1.165) is 75.7 Å². The van der Waals surface area contributed by atoms with Crippen molar-refractivity contribution in [1.29, 1.82) is 0 Å². The normalized spacial score (nSPS) is 11.5. The molecule has 58 heavy (non-hydrogen) atoms. The third-order valence-corrected chi connectivity index (χ3v) is 10.4. The minimum Gasteiger partial charge on any atom is -0.421 e. The maximum atomic E-state index is 15.2. The van der Waals surface area contributed by atoms with Crippen molar-refractivity contribution in [1.82, 2.24) is 35.2 Å². The molecule has 1 N–H and O–H groups in total. The summed E-state index contributed by atoms with van der Waals surface area (Å²) in [6.07, 6.45) is 7.02. The highest BCUT2D eigenvalue weighted by Crippen LogP contribution is 2.28. The fourth-order valence-electron chi connectivity index (χ4n) is 7.33. The molecule has 9 nitrogen and oxygen atoms in total. The molecule has 288 valence electrons. The second kappa shape index (κ2) is 16.2. The summed E-state index contributed by atoms with van der Waals surface area (Å²) in [6, 6.07) is 37.9. The van der Waals surface area contributed by atoms with E-state index in [1.165, 1.54) is 12.1 Å². The van der Waals surface area contributed by atoms with Gasteiger partial charge in [0.1, 0.15) is 17.3 Å². The van der Waals surface area contributed by atoms with Gasteiger partial charge in [0, 0.05) is 60.1 Å². The standard InChI is InChI=1S/C47H39F2N7O2/c1-56-43(47-54-52-45(58-47)11-5-7-30-12-17-33(18-13-30)38-8-2-3-9-40(38)48)29-37(55-56)26-32-16-22-41(49)39(27-32)34-19-14-31(15-20-34)6-4-10-44-51-53-46(57-44)36-21-23-42-35(28-36)24-25-50-42/h2-3,8-9,12-25,27-29,50H,4-7,10-11,26H2,1H3. The molecule has 0 atom stereocenters. The highest BCUT2D eigenvalue weighted by Gasteiger charge is 2.17. The fourth-order valence-corrected chi connectivity index (χ4v) is 7.33. The van der Waals surface area contributed by atoms with Crippen molar-refractivity contribution in [2.24, 2.45) is 7.05 Å². The maximum Gasteiger partial charge on any atom is 0.265 e. The maximum absolute atomic E-state index is 15.2. The van der Waals surface area contributed by atoms with E-state index in [0.29, 0.717) is 59.6 Å². The van der Waals surface area contributed by atoms with Gasteiger partial charge in [-0.15, -0.1) is 20.4 Å². The average molecular weight is 772 g/mol. The van der Waals surface area contributed by atoms with Crippen LogP contribution in [0.2, 0.25) is 0 Å². The molecule has 0 saturated carbocycles. The number of nitrogens with zero attached hydrogens (tertiary/aromatic N) is 6. The minimum atomic E-state index is -0.279. The summed E-state index contributed by atoms with van der Waals surface area (Å²) in [4.78, 5) is 3.19. The quantitative estimate of drug-likeness (QED) is 0.117. The summed E-state index contributed by atoms with van der Waals surface area (Å²) in [5.41, 5.74) is 9.51. The zero-order valence-corrected chi connectivity index (χ0v) is 31.8. The molecule has 0 unspecified atom stereocenters. The largest absolute Gasteiger partial charge is 0.421 e. The predicted octanol–water partition coefficient (Wildman–Crippen LogP) is 10.6. The third-order valence-electron chi connectivity index (χ3n) is 10.4. The zero-order valence-electron chi connectivity index (χ0n) is 31.8. The number of aryl methyl sites for hydroxylation is 5. The van der Waals surface area contributed by atoms with Gasteiger partial charge < -0.3 is 13.8 Å². The van der Waals surface area contributed by atoms with Crippen molar-refractivity contribution in [3.8, 4) is 45.3 Å². The SMILES string of the molecule is Cn1nc(Cc2ccc(F)c(-c3ccc(CCCc4nnc(-c5ccc6[nH]ccc6c5)o4)cc3)c2)cc1-c1nnc(CCCc2ccc(-c3ccccc3F)cc2)o1. The molecule has 4 heterocycles. The molecule has 0 radical (unpaired) electrons. The molecule has 11 heteroatoms. The Balaban J connectivity index is 0.779. The van der Waals surface area contributed by atoms with Crippen molar-refractivity contribution in [3.63, 3.8) is 0 Å². The number of hydrogen-bond donors (Lipinski definition) is 1. The van der Waals surface area contributed by atoms with Crippen LogP contribution in [0.15, 0.2) is 136 Å². The first-order chi connectivity index (χ1) is 28.4. The summed E-state index contributed by atoms with van der Waals surface area (Å²) < 4.78 is 43.0. The lowest BCUT2D eigenvalue weighted by Crippen LogP contribution is -1.96. The number of aromatic nitrogens is 7. The van der Waals surface area contributed by atoms with Crippen LogP contribution in [0.4, 0.5) is 8.78 Å². The Morgan fingerprint density at radius 3 is 1.91 bits per heavy atom. The molecule has 0 saturated heterocycles. The van der Waals surface area contributed by atoms with Crippen molar-refractivity contribution in [2.75, 3.05) is 0 Å². The number of H-pyrrole nitrogens is 1. The first-order valence-electron chi connectivity index (χ1n) is 19.4. The van der Waals surface area contributed by atoms with Crippen LogP contribution in [0, 0.1) is 11.6 Å². The lowest BCUT2D eigenvalue weighted by molar-refractivity contribution is 0.493. The summed E-state index contributed by atoms with van der Waals surface area (Å²) in [6.45, 7) is 0. The molecule has 9 rings (SSSR count). The number of halogens is 2. The smallest absolute Gasteiger partial charge is 0.265 e. The monoisotopic (exact) mass is 771 g/mol. The summed E-state index contributed by atoms with van der Waals surface area (Å²) in [5.74, 6) is 1.57. The number of benzene rings is 5. The Morgan fingerprint density at radius 2 is 1.19 bits per heavy atom. The lowest BCUT2D eigenvalue weighted by Gasteiger charge is -2.08. The first kappa shape index (κ1) is 36.6. The van der Waals surface area contributed by atoms with Gasteiger partial charge in [0.05, 0.1) is 5.69 Å². The second-order valence-corrected chi connectivity index (χ2v) is 14.5. The number of hydrogen-bond acceptors (Lipinski definition) is 7. The molecular weight excluding hydrogens is 733 g/mol. The zero-order chi connectivity index (χ0) is 39.4. The molecule has 0 amide bonds. The number of aromatic amines is 1. The van der Waals surface area contributed by atoms with Gasteiger partial charge in [0.2, 0.25) is 17.7 Å². The van der Waals surface area contributed by atoms with Crippen LogP contribution in [-0.2, 0) is 39.2 Å². The Bertz CT molecular complexity index is 2820. The van der Waals surface area contributed by atoms with Crippen molar-refractivity contribution in [3.05, 3.63) is 173 Å². The van der Waals surface area contributed by atoms with E-state index in [4.69, 9.17) is 13.9 Å². The van der Waals surface area contributed by atoms with Gasteiger partial charge in [-0.2, -0.15) is 5.10 Å². The van der Waals surface area contributed by atoms with Crippen LogP contribution < -0.4 is 0 Å². The van der Waals surface area contributed by atoms with Gasteiger partial charge in [0.15, 0.2) is 0 Å². The van der Waals surface area contributed by atoms with Crippen molar-refractivity contribution >= 4 is 10.9 Å². The molecule has 0 aliphatic carbocycles. The first-order valence-corrected chi connectivity index (χ1v) is 19.4. The third kappa shape index (κ3) is 8.10. The van der Waals surface area contributed by atoms with Crippen LogP contribution in [0.25, 0.3) is 56.2 Å². The van der Waals surface area contributed by atoms with Crippen LogP contribution in [0.1, 0.15) is 47.0 Å². The molecule has 0 aliphatic heterocycles. The van der Waals surface area contributed by atoms with Gasteiger partial charge in [0.25, 0.3) is 5.89 Å². The Kier molecular flexibility index (Phi) is 10.2. The van der Waals surface area contributed by atoms with E-state index in [9.17, 15) is 4.39 Å². The van der Waals surface area contributed by atoms with Crippen LogP contribution in [-0.4, -0.2) is 35.2 Å². The summed E-state index contributed by atoms with van der Waals surface area (Å²) in [5, 5.41) is 22.9.